The highest BCUT2D eigenvalue weighted by molar-refractivity contribution is 9.10. The van der Waals surface area contributed by atoms with E-state index >= 15 is 0 Å². The van der Waals surface area contributed by atoms with Crippen LogP contribution in [0.3, 0.4) is 0 Å². The number of nitrogens with zero attached hydrogens (tertiary/aromatic N) is 1. The van der Waals surface area contributed by atoms with Gasteiger partial charge in [-0.2, -0.15) is 5.26 Å². The van der Waals surface area contributed by atoms with Crippen molar-refractivity contribution in [2.45, 2.75) is 19.8 Å². The third-order valence-electron chi connectivity index (χ3n) is 3.24. The average molecular weight is 437 g/mol. The predicted octanol–water partition coefficient (Wildman–Crippen LogP) is 3.90. The van der Waals surface area contributed by atoms with E-state index in [0.29, 0.717) is 40.2 Å². The van der Waals surface area contributed by atoms with Gasteiger partial charge in [0.25, 0.3) is 5.91 Å². The fourth-order valence-corrected chi connectivity index (χ4v) is 3.25. The van der Waals surface area contributed by atoms with Gasteiger partial charge in [-0.15, -0.1) is 11.3 Å². The first-order chi connectivity index (χ1) is 12.5. The molecule has 0 unspecified atom stereocenters. The van der Waals surface area contributed by atoms with Crippen molar-refractivity contribution in [3.63, 3.8) is 0 Å². The topological polar surface area (TPSA) is 88.4 Å². The molecular weight excluding hydrogens is 420 g/mol. The minimum atomic E-state index is -0.443. The molecule has 0 spiro atoms. The van der Waals surface area contributed by atoms with Gasteiger partial charge in [-0.25, -0.2) is 0 Å². The molecule has 1 aromatic heterocycles. The molecular formula is C18H17BrN2O4S. The molecule has 26 heavy (non-hydrogen) atoms. The fourth-order valence-electron chi connectivity index (χ4n) is 2.09. The predicted molar refractivity (Wildman–Crippen MR) is 102 cm³/mol. The maximum Gasteiger partial charge on any atom is 0.311 e. The van der Waals surface area contributed by atoms with Crippen LogP contribution >= 0.6 is 27.3 Å². The van der Waals surface area contributed by atoms with Crippen molar-refractivity contribution < 1.29 is 19.1 Å². The number of nitriles is 1. The van der Waals surface area contributed by atoms with Crippen molar-refractivity contribution in [3.8, 4) is 17.6 Å². The number of amides is 1. The Bertz CT molecular complexity index is 815. The highest BCUT2D eigenvalue weighted by atomic mass is 79.9. The Morgan fingerprint density at radius 2 is 2.19 bits per heavy atom. The summed E-state index contributed by atoms with van der Waals surface area (Å²) in [5.74, 6) is -0.0141. The minimum absolute atomic E-state index is 0.142. The molecule has 1 N–H and O–H groups in total. The summed E-state index contributed by atoms with van der Waals surface area (Å²) in [7, 11) is 0. The standard InChI is InChI=1S/C18H17BrN2O4S/c1-2-24-14-10-12(11-20)9-13(19)17(14)25-16(22)6-3-7-21-18(23)15-5-4-8-26-15/h4-5,8-10H,2-3,6-7H2,1H3,(H,21,23). The van der Waals surface area contributed by atoms with Crippen molar-refractivity contribution in [3.05, 3.63) is 44.6 Å². The lowest BCUT2D eigenvalue weighted by atomic mass is 10.2. The van der Waals surface area contributed by atoms with Crippen molar-refractivity contribution in [2.24, 2.45) is 0 Å². The SMILES string of the molecule is CCOc1cc(C#N)cc(Br)c1OC(=O)CCCNC(=O)c1cccs1. The van der Waals surface area contributed by atoms with Crippen molar-refractivity contribution in [1.29, 1.82) is 5.26 Å². The fraction of sp³-hybridized carbons (Fsp3) is 0.278. The summed E-state index contributed by atoms with van der Waals surface area (Å²) >= 11 is 4.66. The highest BCUT2D eigenvalue weighted by Crippen LogP contribution is 2.37. The van der Waals surface area contributed by atoms with Crippen LogP contribution in [-0.4, -0.2) is 25.0 Å². The summed E-state index contributed by atoms with van der Waals surface area (Å²) in [6.07, 6.45) is 0.594. The third kappa shape index (κ3) is 5.58. The third-order valence-corrected chi connectivity index (χ3v) is 4.70. The smallest absolute Gasteiger partial charge is 0.311 e. The van der Waals surface area contributed by atoms with Gasteiger partial charge >= 0.3 is 5.97 Å². The van der Waals surface area contributed by atoms with Crippen LogP contribution < -0.4 is 14.8 Å². The molecule has 0 atom stereocenters. The van der Waals surface area contributed by atoms with E-state index in [1.54, 1.807) is 19.1 Å². The minimum Gasteiger partial charge on any atom is -0.490 e. The average Bonchev–Trinajstić information content (AvgIpc) is 3.16. The summed E-state index contributed by atoms with van der Waals surface area (Å²) in [6, 6.07) is 8.66. The van der Waals surface area contributed by atoms with Gasteiger partial charge in [-0.05, 0) is 46.8 Å². The van der Waals surface area contributed by atoms with Crippen molar-refractivity contribution in [1.82, 2.24) is 5.32 Å². The molecule has 0 radical (unpaired) electrons. The van der Waals surface area contributed by atoms with E-state index in [4.69, 9.17) is 14.7 Å². The maximum absolute atomic E-state index is 12.1. The lowest BCUT2D eigenvalue weighted by Gasteiger charge is -2.13. The molecule has 1 aromatic carbocycles. The van der Waals surface area contributed by atoms with Crippen LogP contribution in [0, 0.1) is 11.3 Å². The second kappa shape index (κ2) is 9.94. The van der Waals surface area contributed by atoms with E-state index in [-0.39, 0.29) is 18.1 Å². The molecule has 6 nitrogen and oxygen atoms in total. The quantitative estimate of drug-likeness (QED) is 0.385. The van der Waals surface area contributed by atoms with Gasteiger partial charge in [0.1, 0.15) is 0 Å². The molecule has 8 heteroatoms. The first-order valence-electron chi connectivity index (χ1n) is 7.94. The number of rotatable bonds is 8. The number of hydrogen-bond acceptors (Lipinski definition) is 6. The summed E-state index contributed by atoms with van der Waals surface area (Å²) in [5.41, 5.74) is 0.399. The number of halogens is 1. The lowest BCUT2D eigenvalue weighted by molar-refractivity contribution is -0.134. The number of ether oxygens (including phenoxy) is 2. The van der Waals surface area contributed by atoms with E-state index in [1.165, 1.54) is 17.4 Å². The molecule has 0 aliphatic heterocycles. The summed E-state index contributed by atoms with van der Waals surface area (Å²) < 4.78 is 11.3. The molecule has 0 saturated heterocycles. The molecule has 0 fully saturated rings. The van der Waals surface area contributed by atoms with Gasteiger partial charge in [0.05, 0.1) is 27.6 Å². The normalized spacial score (nSPS) is 10.0. The van der Waals surface area contributed by atoms with Crippen LogP contribution in [0.25, 0.3) is 0 Å². The highest BCUT2D eigenvalue weighted by Gasteiger charge is 2.16. The number of hydrogen-bond donors (Lipinski definition) is 1. The maximum atomic E-state index is 12.1. The number of benzene rings is 1. The summed E-state index contributed by atoms with van der Waals surface area (Å²) in [6.45, 7) is 2.55. The Morgan fingerprint density at radius 1 is 1.38 bits per heavy atom. The van der Waals surface area contributed by atoms with Gasteiger partial charge in [-0.1, -0.05) is 6.07 Å². The molecule has 1 heterocycles. The number of esters is 1. The Kier molecular flexibility index (Phi) is 7.63. The number of carbonyl (C=O) groups is 2. The van der Waals surface area contributed by atoms with E-state index in [2.05, 4.69) is 21.2 Å². The summed E-state index contributed by atoms with van der Waals surface area (Å²) in [5, 5.41) is 13.6. The first kappa shape index (κ1) is 19.9. The zero-order chi connectivity index (χ0) is 18.9. The number of carbonyl (C=O) groups excluding carboxylic acids is 2. The second-order valence-electron chi connectivity index (χ2n) is 5.14. The lowest BCUT2D eigenvalue weighted by Crippen LogP contribution is -2.24. The van der Waals surface area contributed by atoms with Crippen molar-refractivity contribution >= 4 is 39.1 Å². The monoisotopic (exact) mass is 436 g/mol. The Morgan fingerprint density at radius 3 is 2.85 bits per heavy atom. The zero-order valence-corrected chi connectivity index (χ0v) is 16.5. The van der Waals surface area contributed by atoms with E-state index < -0.39 is 5.97 Å². The van der Waals surface area contributed by atoms with Gasteiger partial charge in [0, 0.05) is 19.0 Å². The molecule has 2 aromatic rings. The van der Waals surface area contributed by atoms with Gasteiger partial charge in [-0.3, -0.25) is 9.59 Å². The van der Waals surface area contributed by atoms with Gasteiger partial charge in [0.2, 0.25) is 0 Å². The number of thiophene rings is 1. The van der Waals surface area contributed by atoms with Crippen LogP contribution in [0.15, 0.2) is 34.1 Å². The summed E-state index contributed by atoms with van der Waals surface area (Å²) in [4.78, 5) is 24.5. The molecule has 2 rings (SSSR count). The van der Waals surface area contributed by atoms with Gasteiger partial charge < -0.3 is 14.8 Å². The van der Waals surface area contributed by atoms with Crippen LogP contribution in [0.4, 0.5) is 0 Å². The number of nitrogens with one attached hydrogen (secondary N) is 1. The second-order valence-corrected chi connectivity index (χ2v) is 6.94. The Hall–Kier alpha value is -2.37. The van der Waals surface area contributed by atoms with Crippen LogP contribution in [-0.2, 0) is 4.79 Å². The molecule has 0 aliphatic rings. The molecule has 0 saturated carbocycles. The first-order valence-corrected chi connectivity index (χ1v) is 9.61. The van der Waals surface area contributed by atoms with Crippen molar-refractivity contribution in [2.75, 3.05) is 13.2 Å². The molecule has 136 valence electrons. The zero-order valence-electron chi connectivity index (χ0n) is 14.1. The van der Waals surface area contributed by atoms with E-state index in [0.717, 1.165) is 0 Å². The van der Waals surface area contributed by atoms with Gasteiger partial charge in [0.15, 0.2) is 11.5 Å². The van der Waals surface area contributed by atoms with Crippen LogP contribution in [0.5, 0.6) is 11.5 Å². The Balaban J connectivity index is 1.87. The molecule has 1 amide bonds. The van der Waals surface area contributed by atoms with E-state index in [1.807, 2.05) is 17.5 Å². The van der Waals surface area contributed by atoms with E-state index in [9.17, 15) is 9.59 Å². The van der Waals surface area contributed by atoms with Crippen LogP contribution in [0.1, 0.15) is 35.0 Å². The molecule has 0 aliphatic carbocycles. The molecule has 0 bridgehead atoms. The largest absolute Gasteiger partial charge is 0.490 e. The van der Waals surface area contributed by atoms with Crippen LogP contribution in [0.2, 0.25) is 0 Å². The Labute approximate surface area is 163 Å².